The summed E-state index contributed by atoms with van der Waals surface area (Å²) < 4.78 is 15.3. The zero-order chi connectivity index (χ0) is 15.7. The first-order valence-corrected chi connectivity index (χ1v) is 6.82. The number of hydrogen-bond donors (Lipinski definition) is 1. The van der Waals surface area contributed by atoms with Crippen LogP contribution in [0.15, 0.2) is 24.3 Å². The van der Waals surface area contributed by atoms with E-state index in [0.29, 0.717) is 17.9 Å². The van der Waals surface area contributed by atoms with E-state index in [1.165, 1.54) is 7.11 Å². The first-order valence-electron chi connectivity index (χ1n) is 6.82. The Kier molecular flexibility index (Phi) is 7.25. The van der Waals surface area contributed by atoms with Crippen LogP contribution < -0.4 is 10.1 Å². The number of methoxy groups -OCH3 is 1. The number of ether oxygens (including phenoxy) is 3. The summed E-state index contributed by atoms with van der Waals surface area (Å²) in [5.41, 5.74) is 0.353. The number of carbonyl (C=O) groups is 2. The fraction of sp³-hybridized carbons (Fsp3) is 0.467. The minimum Gasteiger partial charge on any atom is -0.496 e. The number of nitrogens with one attached hydrogen (secondary N) is 1. The minimum absolute atomic E-state index is 0.0657. The van der Waals surface area contributed by atoms with Crippen molar-refractivity contribution in [3.05, 3.63) is 29.8 Å². The molecule has 0 aliphatic carbocycles. The first-order chi connectivity index (χ1) is 10.1. The molecule has 1 aromatic carbocycles. The van der Waals surface area contributed by atoms with Crippen LogP contribution in [0.4, 0.5) is 0 Å². The van der Waals surface area contributed by atoms with Gasteiger partial charge in [-0.1, -0.05) is 12.1 Å². The molecular formula is C15H21NO5. The molecule has 21 heavy (non-hydrogen) atoms. The van der Waals surface area contributed by atoms with E-state index in [-0.39, 0.29) is 13.2 Å². The Labute approximate surface area is 124 Å². The first kappa shape index (κ1) is 17.0. The number of hydrogen-bond acceptors (Lipinski definition) is 5. The zero-order valence-corrected chi connectivity index (χ0v) is 12.5. The molecule has 1 rings (SSSR count). The van der Waals surface area contributed by atoms with Crippen LogP contribution in [0, 0.1) is 0 Å². The smallest absolute Gasteiger partial charge is 0.331 e. The quantitative estimate of drug-likeness (QED) is 0.734. The van der Waals surface area contributed by atoms with Gasteiger partial charge in [0.25, 0.3) is 5.91 Å². The van der Waals surface area contributed by atoms with Crippen LogP contribution in [0.25, 0.3) is 0 Å². The second kappa shape index (κ2) is 8.97. The molecule has 0 heterocycles. The highest BCUT2D eigenvalue weighted by atomic mass is 16.5. The van der Waals surface area contributed by atoms with Gasteiger partial charge in [0.15, 0.2) is 6.04 Å². The topological polar surface area (TPSA) is 73.9 Å². The lowest BCUT2D eigenvalue weighted by Gasteiger charge is -2.17. The maximum absolute atomic E-state index is 12.3. The molecule has 0 aliphatic heterocycles. The van der Waals surface area contributed by atoms with Crippen LogP contribution >= 0.6 is 0 Å². The number of benzene rings is 1. The molecule has 1 amide bonds. The van der Waals surface area contributed by atoms with E-state index in [1.807, 2.05) is 6.92 Å². The van der Waals surface area contributed by atoms with Crippen molar-refractivity contribution in [3.8, 4) is 5.75 Å². The van der Waals surface area contributed by atoms with Crippen molar-refractivity contribution in [3.63, 3.8) is 0 Å². The van der Waals surface area contributed by atoms with E-state index in [0.717, 1.165) is 0 Å². The van der Waals surface area contributed by atoms with Crippen LogP contribution in [-0.4, -0.2) is 44.8 Å². The van der Waals surface area contributed by atoms with Gasteiger partial charge in [-0.15, -0.1) is 0 Å². The van der Waals surface area contributed by atoms with Crippen molar-refractivity contribution in [2.24, 2.45) is 0 Å². The average Bonchev–Trinajstić information content (AvgIpc) is 2.51. The second-order valence-electron chi connectivity index (χ2n) is 4.14. The molecule has 0 saturated carbocycles. The summed E-state index contributed by atoms with van der Waals surface area (Å²) in [6, 6.07) is 5.94. The van der Waals surface area contributed by atoms with Crippen molar-refractivity contribution in [1.29, 1.82) is 0 Å². The maximum atomic E-state index is 12.3. The number of carbonyl (C=O) groups excluding carboxylic acids is 2. The van der Waals surface area contributed by atoms with Crippen LogP contribution in [0.5, 0.6) is 5.75 Å². The molecule has 6 heteroatoms. The zero-order valence-electron chi connectivity index (χ0n) is 12.5. The third-order valence-corrected chi connectivity index (χ3v) is 2.72. The largest absolute Gasteiger partial charge is 0.496 e. The Morgan fingerprint density at radius 1 is 1.19 bits per heavy atom. The molecule has 0 aromatic heterocycles. The van der Waals surface area contributed by atoms with Gasteiger partial charge in [0, 0.05) is 6.61 Å². The molecule has 116 valence electrons. The molecule has 1 aromatic rings. The van der Waals surface area contributed by atoms with E-state index in [2.05, 4.69) is 5.32 Å². The van der Waals surface area contributed by atoms with Gasteiger partial charge in [0.1, 0.15) is 5.75 Å². The molecular weight excluding hydrogens is 274 g/mol. The lowest BCUT2D eigenvalue weighted by molar-refractivity contribution is -0.147. The van der Waals surface area contributed by atoms with Gasteiger partial charge in [-0.3, -0.25) is 4.79 Å². The van der Waals surface area contributed by atoms with Gasteiger partial charge in [-0.25, -0.2) is 4.79 Å². The van der Waals surface area contributed by atoms with Crippen LogP contribution in [0.2, 0.25) is 0 Å². The van der Waals surface area contributed by atoms with Gasteiger partial charge in [0.2, 0.25) is 0 Å². The molecule has 0 aliphatic rings. The Morgan fingerprint density at radius 2 is 1.90 bits per heavy atom. The highest BCUT2D eigenvalue weighted by Crippen LogP contribution is 2.17. The lowest BCUT2D eigenvalue weighted by atomic mass is 10.1. The fourth-order valence-corrected chi connectivity index (χ4v) is 1.72. The Hall–Kier alpha value is -2.08. The molecule has 0 bridgehead atoms. The van der Waals surface area contributed by atoms with E-state index >= 15 is 0 Å². The van der Waals surface area contributed by atoms with Crippen molar-refractivity contribution < 1.29 is 23.8 Å². The molecule has 0 spiro atoms. The third-order valence-electron chi connectivity index (χ3n) is 2.72. The monoisotopic (exact) mass is 295 g/mol. The average molecular weight is 295 g/mol. The summed E-state index contributed by atoms with van der Waals surface area (Å²) in [5.74, 6) is -0.492. The van der Waals surface area contributed by atoms with E-state index < -0.39 is 17.9 Å². The SMILES string of the molecule is CCOCC(NC(=O)c1ccccc1OC)C(=O)OCC. The Bertz CT molecular complexity index is 475. The normalized spacial score (nSPS) is 11.6. The third kappa shape index (κ3) is 5.07. The molecule has 6 nitrogen and oxygen atoms in total. The van der Waals surface area contributed by atoms with Crippen molar-refractivity contribution in [2.45, 2.75) is 19.9 Å². The second-order valence-corrected chi connectivity index (χ2v) is 4.14. The van der Waals surface area contributed by atoms with Crippen molar-refractivity contribution in [2.75, 3.05) is 26.9 Å². The summed E-state index contributed by atoms with van der Waals surface area (Å²) in [7, 11) is 1.48. The van der Waals surface area contributed by atoms with Gasteiger partial charge in [-0.05, 0) is 26.0 Å². The van der Waals surface area contributed by atoms with E-state index in [1.54, 1.807) is 31.2 Å². The summed E-state index contributed by atoms with van der Waals surface area (Å²) >= 11 is 0. The lowest BCUT2D eigenvalue weighted by Crippen LogP contribution is -2.45. The predicted molar refractivity (Wildman–Crippen MR) is 77.4 cm³/mol. The van der Waals surface area contributed by atoms with Crippen LogP contribution in [-0.2, 0) is 14.3 Å². The summed E-state index contributed by atoms with van der Waals surface area (Å²) in [6.07, 6.45) is 0. The van der Waals surface area contributed by atoms with Crippen molar-refractivity contribution >= 4 is 11.9 Å². The number of rotatable bonds is 8. The predicted octanol–water partition coefficient (Wildman–Crippen LogP) is 1.39. The number of para-hydroxylation sites is 1. The molecule has 0 radical (unpaired) electrons. The van der Waals surface area contributed by atoms with Gasteiger partial charge in [-0.2, -0.15) is 0 Å². The highest BCUT2D eigenvalue weighted by Gasteiger charge is 2.24. The van der Waals surface area contributed by atoms with Crippen LogP contribution in [0.3, 0.4) is 0 Å². The maximum Gasteiger partial charge on any atom is 0.331 e. The number of esters is 1. The highest BCUT2D eigenvalue weighted by molar-refractivity contribution is 5.99. The summed E-state index contributed by atoms with van der Waals surface area (Å²) in [5, 5.41) is 2.61. The molecule has 1 N–H and O–H groups in total. The summed E-state index contributed by atoms with van der Waals surface area (Å²) in [4.78, 5) is 24.1. The number of amides is 1. The van der Waals surface area contributed by atoms with Crippen LogP contribution in [0.1, 0.15) is 24.2 Å². The molecule has 1 atom stereocenters. The van der Waals surface area contributed by atoms with Crippen molar-refractivity contribution in [1.82, 2.24) is 5.32 Å². The van der Waals surface area contributed by atoms with Gasteiger partial charge < -0.3 is 19.5 Å². The van der Waals surface area contributed by atoms with Gasteiger partial charge >= 0.3 is 5.97 Å². The molecule has 1 unspecified atom stereocenters. The Morgan fingerprint density at radius 3 is 2.52 bits per heavy atom. The van der Waals surface area contributed by atoms with Gasteiger partial charge in [0.05, 0.1) is 25.9 Å². The standard InChI is InChI=1S/C15H21NO5/c1-4-20-10-12(15(18)21-5-2)16-14(17)11-8-6-7-9-13(11)19-3/h6-9,12H,4-5,10H2,1-3H3,(H,16,17). The molecule has 0 saturated heterocycles. The van der Waals surface area contributed by atoms with E-state index in [9.17, 15) is 9.59 Å². The Balaban J connectivity index is 2.81. The summed E-state index contributed by atoms with van der Waals surface area (Å²) in [6.45, 7) is 4.27. The fourth-order valence-electron chi connectivity index (χ4n) is 1.72. The van der Waals surface area contributed by atoms with E-state index in [4.69, 9.17) is 14.2 Å². The minimum atomic E-state index is -0.845. The molecule has 0 fully saturated rings.